The molecule has 0 aromatic carbocycles. The molecule has 2 heteroatoms. The molecule has 0 rings (SSSR count). The van der Waals surface area contributed by atoms with E-state index in [2.05, 4.69) is 32.9 Å². The van der Waals surface area contributed by atoms with Crippen LogP contribution in [0.25, 0.3) is 0 Å². The van der Waals surface area contributed by atoms with Gasteiger partial charge in [0.2, 0.25) is 0 Å². The Morgan fingerprint density at radius 1 is 0.500 bits per heavy atom. The smallest absolute Gasteiger partial charge is 0.305 e. The van der Waals surface area contributed by atoms with Gasteiger partial charge >= 0.3 is 5.97 Å². The summed E-state index contributed by atoms with van der Waals surface area (Å²) in [7, 11) is 0. The van der Waals surface area contributed by atoms with Crippen molar-refractivity contribution in [1.29, 1.82) is 0 Å². The highest BCUT2D eigenvalue weighted by molar-refractivity contribution is 5.69. The van der Waals surface area contributed by atoms with Gasteiger partial charge in [-0.2, -0.15) is 0 Å². The van der Waals surface area contributed by atoms with Gasteiger partial charge in [0.05, 0.1) is 6.61 Å². The maximum absolute atomic E-state index is 12.3. The molecule has 0 saturated heterocycles. The van der Waals surface area contributed by atoms with Crippen molar-refractivity contribution in [3.8, 4) is 0 Å². The van der Waals surface area contributed by atoms with Crippen LogP contribution in [0.2, 0.25) is 0 Å². The Labute approximate surface area is 240 Å². The minimum absolute atomic E-state index is 0.0403. The Hall–Kier alpha value is -0.790. The van der Waals surface area contributed by atoms with Gasteiger partial charge in [-0.15, -0.1) is 0 Å². The van der Waals surface area contributed by atoms with Gasteiger partial charge in [0.1, 0.15) is 0 Å². The molecule has 0 aliphatic carbocycles. The molecule has 0 aromatic heterocycles. The molecule has 0 heterocycles. The maximum atomic E-state index is 12.3. The highest BCUT2D eigenvalue weighted by Crippen LogP contribution is 2.20. The number of rotatable bonds is 31. The normalized spacial score (nSPS) is 11.7. The Balaban J connectivity index is 3.81. The minimum atomic E-state index is 0.0403. The van der Waals surface area contributed by atoms with Crippen LogP contribution in [0.3, 0.4) is 0 Å². The molecule has 2 nitrogen and oxygen atoms in total. The van der Waals surface area contributed by atoms with Crippen LogP contribution >= 0.6 is 0 Å². The maximum Gasteiger partial charge on any atom is 0.305 e. The van der Waals surface area contributed by atoms with Gasteiger partial charge in [0.25, 0.3) is 0 Å². The van der Waals surface area contributed by atoms with E-state index >= 15 is 0 Å². The lowest BCUT2D eigenvalue weighted by Crippen LogP contribution is -2.14. The summed E-state index contributed by atoms with van der Waals surface area (Å²) in [6, 6.07) is 0. The van der Waals surface area contributed by atoms with E-state index in [-0.39, 0.29) is 5.97 Å². The molecule has 38 heavy (non-hydrogen) atoms. The lowest BCUT2D eigenvalue weighted by molar-refractivity contribution is -0.145. The largest absolute Gasteiger partial charge is 0.465 e. The molecule has 0 aliphatic rings. The lowest BCUT2D eigenvalue weighted by Gasteiger charge is -2.17. The second kappa shape index (κ2) is 32.4. The lowest BCUT2D eigenvalue weighted by atomic mass is 9.94. The van der Waals surface area contributed by atoms with Crippen molar-refractivity contribution >= 4 is 5.97 Å². The van der Waals surface area contributed by atoms with Crippen molar-refractivity contribution < 1.29 is 9.53 Å². The number of unbranched alkanes of at least 4 members (excludes halogenated alkanes) is 21. The fourth-order valence-corrected chi connectivity index (χ4v) is 5.36. The van der Waals surface area contributed by atoms with Crippen LogP contribution in [0.15, 0.2) is 12.2 Å². The second-order valence-corrected chi connectivity index (χ2v) is 12.0. The number of carbonyl (C=O) groups excluding carboxylic acids is 1. The van der Waals surface area contributed by atoms with Crippen LogP contribution in [-0.4, -0.2) is 12.6 Å². The monoisotopic (exact) mass is 535 g/mol. The quantitative estimate of drug-likeness (QED) is 0.0502. The van der Waals surface area contributed by atoms with Crippen molar-refractivity contribution in [2.45, 2.75) is 201 Å². The Kier molecular flexibility index (Phi) is 31.7. The molecule has 0 aliphatic heterocycles. The highest BCUT2D eigenvalue weighted by atomic mass is 16.5. The summed E-state index contributed by atoms with van der Waals surface area (Å²) in [6.45, 7) is 7.50. The van der Waals surface area contributed by atoms with E-state index in [1.165, 1.54) is 161 Å². The van der Waals surface area contributed by atoms with Crippen LogP contribution in [0.5, 0.6) is 0 Å². The molecule has 0 N–H and O–H groups in total. The second-order valence-electron chi connectivity index (χ2n) is 12.0. The van der Waals surface area contributed by atoms with Crippen molar-refractivity contribution in [2.75, 3.05) is 6.61 Å². The van der Waals surface area contributed by atoms with E-state index in [9.17, 15) is 4.79 Å². The van der Waals surface area contributed by atoms with Gasteiger partial charge in [-0.25, -0.2) is 0 Å². The number of hydrogen-bond acceptors (Lipinski definition) is 2. The van der Waals surface area contributed by atoms with Crippen molar-refractivity contribution in [3.05, 3.63) is 12.2 Å². The first-order valence-corrected chi connectivity index (χ1v) is 17.5. The highest BCUT2D eigenvalue weighted by Gasteiger charge is 2.12. The van der Waals surface area contributed by atoms with Gasteiger partial charge in [-0.1, -0.05) is 161 Å². The summed E-state index contributed by atoms with van der Waals surface area (Å²) >= 11 is 0. The molecule has 0 radical (unpaired) electrons. The van der Waals surface area contributed by atoms with Crippen LogP contribution in [0.1, 0.15) is 201 Å². The Morgan fingerprint density at radius 2 is 0.868 bits per heavy atom. The number of ether oxygens (including phenoxy) is 1. The molecule has 0 saturated carbocycles. The number of carbonyl (C=O) groups is 1. The molecule has 0 unspecified atom stereocenters. The van der Waals surface area contributed by atoms with Crippen LogP contribution < -0.4 is 0 Å². The van der Waals surface area contributed by atoms with E-state index in [4.69, 9.17) is 4.74 Å². The first kappa shape index (κ1) is 37.2. The molecule has 0 bridgehead atoms. The zero-order valence-electron chi connectivity index (χ0n) is 26.6. The fourth-order valence-electron chi connectivity index (χ4n) is 5.36. The first-order chi connectivity index (χ1) is 18.7. The summed E-state index contributed by atoms with van der Waals surface area (Å²) < 4.78 is 5.77. The van der Waals surface area contributed by atoms with Crippen molar-refractivity contribution in [3.63, 3.8) is 0 Å². The average Bonchev–Trinajstić information content (AvgIpc) is 2.92. The van der Waals surface area contributed by atoms with Crippen LogP contribution in [-0.2, 0) is 9.53 Å². The van der Waals surface area contributed by atoms with Crippen LogP contribution in [0.4, 0.5) is 0 Å². The summed E-state index contributed by atoms with van der Waals surface area (Å²) in [6.07, 6.45) is 40.8. The zero-order chi connectivity index (χ0) is 27.8. The predicted octanol–water partition coefficient (Wildman–Crippen LogP) is 12.7. The zero-order valence-corrected chi connectivity index (χ0v) is 26.6. The standard InChI is InChI=1S/C36H70O2/c1-4-7-10-13-16-17-18-19-20-21-22-23-24-27-30-33-36(37)38-34-35(31-28-25-14-11-8-5-2)32-29-26-15-12-9-6-3/h19-20,35H,4-18,21-34H2,1-3H3/b20-19-. The van der Waals surface area contributed by atoms with E-state index in [1.54, 1.807) is 0 Å². The minimum Gasteiger partial charge on any atom is -0.465 e. The third-order valence-electron chi connectivity index (χ3n) is 8.05. The summed E-state index contributed by atoms with van der Waals surface area (Å²) in [4.78, 5) is 12.3. The summed E-state index contributed by atoms with van der Waals surface area (Å²) in [5.74, 6) is 0.615. The van der Waals surface area contributed by atoms with E-state index in [1.807, 2.05) is 0 Å². The molecular formula is C36H70O2. The molecule has 0 aromatic rings. The molecule has 226 valence electrons. The summed E-state index contributed by atoms with van der Waals surface area (Å²) in [5, 5.41) is 0. The van der Waals surface area contributed by atoms with Gasteiger partial charge in [0.15, 0.2) is 0 Å². The van der Waals surface area contributed by atoms with Gasteiger partial charge in [-0.3, -0.25) is 4.79 Å². The molecule has 0 amide bonds. The Bertz CT molecular complexity index is 468. The van der Waals surface area contributed by atoms with E-state index in [0.717, 1.165) is 12.8 Å². The van der Waals surface area contributed by atoms with Gasteiger partial charge in [-0.05, 0) is 50.9 Å². The van der Waals surface area contributed by atoms with Crippen LogP contribution in [0, 0.1) is 5.92 Å². The molecular weight excluding hydrogens is 464 g/mol. The van der Waals surface area contributed by atoms with E-state index < -0.39 is 0 Å². The van der Waals surface area contributed by atoms with Crippen molar-refractivity contribution in [2.24, 2.45) is 5.92 Å². The first-order valence-electron chi connectivity index (χ1n) is 17.5. The van der Waals surface area contributed by atoms with Crippen molar-refractivity contribution in [1.82, 2.24) is 0 Å². The fraction of sp³-hybridized carbons (Fsp3) is 0.917. The summed E-state index contributed by atoms with van der Waals surface area (Å²) in [5.41, 5.74) is 0. The topological polar surface area (TPSA) is 26.3 Å². The number of hydrogen-bond donors (Lipinski definition) is 0. The molecule has 0 spiro atoms. The van der Waals surface area contributed by atoms with E-state index in [0.29, 0.717) is 18.9 Å². The predicted molar refractivity (Wildman–Crippen MR) is 170 cm³/mol. The van der Waals surface area contributed by atoms with Gasteiger partial charge in [0, 0.05) is 6.42 Å². The molecule has 0 atom stereocenters. The Morgan fingerprint density at radius 3 is 1.32 bits per heavy atom. The average molecular weight is 535 g/mol. The number of esters is 1. The third-order valence-corrected chi connectivity index (χ3v) is 8.05. The third kappa shape index (κ3) is 29.8. The van der Waals surface area contributed by atoms with Gasteiger partial charge < -0.3 is 4.74 Å². The molecule has 0 fully saturated rings. The SMILES string of the molecule is CCCCCCCC/C=C\CCCCCCCC(=O)OCC(CCCCCCCC)CCCCCCCC. The number of allylic oxidation sites excluding steroid dienone is 2.